The minimum Gasteiger partial charge on any atom is -0.382 e. The van der Waals surface area contributed by atoms with Gasteiger partial charge >= 0.3 is 0 Å². The van der Waals surface area contributed by atoms with Gasteiger partial charge in [0.05, 0.1) is 0 Å². The minimum absolute atomic E-state index is 0.106. The smallest absolute Gasteiger partial charge is 0.255 e. The summed E-state index contributed by atoms with van der Waals surface area (Å²) in [6.45, 7) is 3.86. The zero-order valence-electron chi connectivity index (χ0n) is 21.0. The number of rotatable bonds is 10. The Morgan fingerprint density at radius 2 is 1.86 bits per heavy atom. The number of fused-ring (bicyclic) bond motifs is 1. The van der Waals surface area contributed by atoms with E-state index in [1.54, 1.807) is 4.90 Å². The van der Waals surface area contributed by atoms with Crippen molar-refractivity contribution in [2.45, 2.75) is 102 Å². The molecular formula is C28H40N4O3. The van der Waals surface area contributed by atoms with Crippen LogP contribution in [0.2, 0.25) is 0 Å². The Balaban J connectivity index is 1.26. The maximum Gasteiger partial charge on any atom is 0.255 e. The van der Waals surface area contributed by atoms with E-state index < -0.39 is 6.04 Å². The first kappa shape index (κ1) is 24.3. The summed E-state index contributed by atoms with van der Waals surface area (Å²) in [7, 11) is 0. The molecule has 4 aliphatic rings. The summed E-state index contributed by atoms with van der Waals surface area (Å²) in [4.78, 5) is 38.9. The highest BCUT2D eigenvalue weighted by Gasteiger charge is 2.40. The van der Waals surface area contributed by atoms with E-state index in [4.69, 9.17) is 0 Å². The number of hydrogen-bond acceptors (Lipinski definition) is 5. The van der Waals surface area contributed by atoms with Crippen LogP contribution in [0.1, 0.15) is 93.5 Å². The maximum atomic E-state index is 13.2. The fourth-order valence-corrected chi connectivity index (χ4v) is 6.15. The van der Waals surface area contributed by atoms with Gasteiger partial charge in [0.15, 0.2) is 0 Å². The molecule has 0 unspecified atom stereocenters. The molecule has 2 atom stereocenters. The Morgan fingerprint density at radius 3 is 2.57 bits per heavy atom. The fraction of sp³-hybridized carbons (Fsp3) is 0.679. The van der Waals surface area contributed by atoms with Crippen LogP contribution in [0, 0.1) is 11.8 Å². The van der Waals surface area contributed by atoms with Crippen LogP contribution in [0.3, 0.4) is 0 Å². The predicted molar refractivity (Wildman–Crippen MR) is 136 cm³/mol. The predicted octanol–water partition coefficient (Wildman–Crippen LogP) is 3.98. The normalized spacial score (nSPS) is 27.5. The summed E-state index contributed by atoms with van der Waals surface area (Å²) in [5, 5.41) is 10.1. The Labute approximate surface area is 208 Å². The monoisotopic (exact) mass is 480 g/mol. The van der Waals surface area contributed by atoms with Crippen molar-refractivity contribution in [2.24, 2.45) is 11.8 Å². The first-order valence-electron chi connectivity index (χ1n) is 13.8. The third-order valence-corrected chi connectivity index (χ3v) is 8.52. The van der Waals surface area contributed by atoms with Crippen molar-refractivity contribution in [1.82, 2.24) is 15.5 Å². The van der Waals surface area contributed by atoms with Gasteiger partial charge in [-0.2, -0.15) is 0 Å². The molecule has 0 spiro atoms. The molecule has 3 amide bonds. The number of nitrogens with one attached hydrogen (secondary N) is 3. The van der Waals surface area contributed by atoms with Gasteiger partial charge in [-0.25, -0.2) is 0 Å². The first-order chi connectivity index (χ1) is 17.0. The van der Waals surface area contributed by atoms with Crippen molar-refractivity contribution in [3.63, 3.8) is 0 Å². The number of piperidine rings is 1. The SMILES string of the molecule is CCCC[C@@H](Nc1cccc2c1CN([C@@H]1CCC(=O)NC1=O)C2=O)C1CCC(NCC2CC2)CC1. The van der Waals surface area contributed by atoms with Gasteiger partial charge in [0, 0.05) is 41.9 Å². The van der Waals surface area contributed by atoms with Gasteiger partial charge in [-0.05, 0) is 81.9 Å². The van der Waals surface area contributed by atoms with Crippen molar-refractivity contribution >= 4 is 23.4 Å². The van der Waals surface area contributed by atoms with Crippen LogP contribution in [0.5, 0.6) is 0 Å². The highest BCUT2D eigenvalue weighted by molar-refractivity contribution is 6.06. The lowest BCUT2D eigenvalue weighted by Crippen LogP contribution is -2.52. The highest BCUT2D eigenvalue weighted by Crippen LogP contribution is 2.36. The molecule has 2 heterocycles. The molecule has 0 radical (unpaired) electrons. The van der Waals surface area contributed by atoms with Crippen molar-refractivity contribution < 1.29 is 14.4 Å². The third kappa shape index (κ3) is 5.55. The van der Waals surface area contributed by atoms with Gasteiger partial charge < -0.3 is 15.5 Å². The lowest BCUT2D eigenvalue weighted by molar-refractivity contribution is -0.136. The van der Waals surface area contributed by atoms with Gasteiger partial charge in [-0.3, -0.25) is 19.7 Å². The summed E-state index contributed by atoms with van der Waals surface area (Å²) in [6, 6.07) is 6.39. The van der Waals surface area contributed by atoms with E-state index in [-0.39, 0.29) is 24.1 Å². The van der Waals surface area contributed by atoms with Crippen LogP contribution in [-0.4, -0.2) is 47.3 Å². The van der Waals surface area contributed by atoms with Crippen molar-refractivity contribution in [3.8, 4) is 0 Å². The van der Waals surface area contributed by atoms with Crippen molar-refractivity contribution in [1.29, 1.82) is 0 Å². The number of unbranched alkanes of at least 4 members (excludes halogenated alkanes) is 1. The summed E-state index contributed by atoms with van der Waals surface area (Å²) < 4.78 is 0. The van der Waals surface area contributed by atoms with Gasteiger partial charge in [0.2, 0.25) is 11.8 Å². The lowest BCUT2D eigenvalue weighted by atomic mass is 9.79. The summed E-state index contributed by atoms with van der Waals surface area (Å²) in [5.41, 5.74) is 2.70. The first-order valence-corrected chi connectivity index (χ1v) is 13.8. The van der Waals surface area contributed by atoms with Gasteiger partial charge in [0.1, 0.15) is 6.04 Å². The third-order valence-electron chi connectivity index (χ3n) is 8.52. The molecule has 0 bridgehead atoms. The number of carbonyl (C=O) groups is 3. The molecule has 1 aromatic rings. The summed E-state index contributed by atoms with van der Waals surface area (Å²) in [6.07, 6.45) is 11.9. The average Bonchev–Trinajstić information content (AvgIpc) is 3.63. The molecule has 1 aromatic carbocycles. The van der Waals surface area contributed by atoms with E-state index in [0.717, 1.165) is 23.6 Å². The van der Waals surface area contributed by atoms with Gasteiger partial charge in [0.25, 0.3) is 5.91 Å². The summed E-state index contributed by atoms with van der Waals surface area (Å²) >= 11 is 0. The number of carbonyl (C=O) groups excluding carboxylic acids is 3. The molecule has 7 nitrogen and oxygen atoms in total. The molecular weight excluding hydrogens is 440 g/mol. The number of amides is 3. The highest BCUT2D eigenvalue weighted by atomic mass is 16.2. The van der Waals surface area contributed by atoms with Crippen LogP contribution in [0.15, 0.2) is 18.2 Å². The van der Waals surface area contributed by atoms with Crippen LogP contribution in [0.4, 0.5) is 5.69 Å². The second-order valence-electron chi connectivity index (χ2n) is 11.1. The second kappa shape index (κ2) is 10.7. The largest absolute Gasteiger partial charge is 0.382 e. The molecule has 3 fully saturated rings. The minimum atomic E-state index is -0.574. The molecule has 2 aliphatic carbocycles. The summed E-state index contributed by atoms with van der Waals surface area (Å²) in [5.74, 6) is 0.846. The maximum absolute atomic E-state index is 13.2. The van der Waals surface area contributed by atoms with E-state index in [1.807, 2.05) is 12.1 Å². The molecule has 3 N–H and O–H groups in total. The van der Waals surface area contributed by atoms with E-state index >= 15 is 0 Å². The zero-order chi connectivity index (χ0) is 24.4. The Bertz CT molecular complexity index is 952. The molecule has 1 saturated heterocycles. The van der Waals surface area contributed by atoms with Crippen LogP contribution in [0.25, 0.3) is 0 Å². The molecule has 2 saturated carbocycles. The van der Waals surface area contributed by atoms with Crippen LogP contribution < -0.4 is 16.0 Å². The van der Waals surface area contributed by atoms with E-state index in [1.165, 1.54) is 57.9 Å². The fourth-order valence-electron chi connectivity index (χ4n) is 6.15. The molecule has 5 rings (SSSR count). The van der Waals surface area contributed by atoms with Crippen LogP contribution in [-0.2, 0) is 16.1 Å². The lowest BCUT2D eigenvalue weighted by Gasteiger charge is -2.36. The van der Waals surface area contributed by atoms with Crippen molar-refractivity contribution in [3.05, 3.63) is 29.3 Å². The Hall–Kier alpha value is -2.41. The Morgan fingerprint density at radius 1 is 1.06 bits per heavy atom. The number of benzene rings is 1. The van der Waals surface area contributed by atoms with Crippen LogP contribution >= 0.6 is 0 Å². The van der Waals surface area contributed by atoms with Crippen molar-refractivity contribution in [2.75, 3.05) is 11.9 Å². The number of anilines is 1. The molecule has 7 heteroatoms. The molecule has 0 aromatic heterocycles. The average molecular weight is 481 g/mol. The number of nitrogens with zero attached hydrogens (tertiary/aromatic N) is 1. The van der Waals surface area contributed by atoms with E-state index in [2.05, 4.69) is 28.9 Å². The quantitative estimate of drug-likeness (QED) is 0.441. The topological polar surface area (TPSA) is 90.5 Å². The van der Waals surface area contributed by atoms with E-state index in [9.17, 15) is 14.4 Å². The van der Waals surface area contributed by atoms with Gasteiger partial charge in [-0.1, -0.05) is 25.8 Å². The standard InChI is InChI=1S/C28H40N4O3/c1-2-3-6-23(19-10-12-20(13-11-19)29-16-18-8-9-18)30-24-7-4-5-21-22(24)17-32(28(21)35)25-14-15-26(33)31-27(25)34/h4-5,7,18-20,23,25,29-30H,2-3,6,8-17H2,1H3,(H,31,33,34)/t19?,20?,23-,25-/m1/s1. The second-order valence-corrected chi connectivity index (χ2v) is 11.1. The Kier molecular flexibility index (Phi) is 7.42. The molecule has 35 heavy (non-hydrogen) atoms. The van der Waals surface area contributed by atoms with Gasteiger partial charge in [-0.15, -0.1) is 0 Å². The number of hydrogen-bond donors (Lipinski definition) is 3. The molecule has 190 valence electrons. The zero-order valence-corrected chi connectivity index (χ0v) is 21.0. The van der Waals surface area contributed by atoms with E-state index in [0.29, 0.717) is 36.5 Å². The number of imide groups is 1. The molecule has 2 aliphatic heterocycles.